The average molecular weight is 296 g/mol. The maximum absolute atomic E-state index is 12.6. The van der Waals surface area contributed by atoms with Gasteiger partial charge in [-0.15, -0.1) is 0 Å². The van der Waals surface area contributed by atoms with Crippen molar-refractivity contribution in [2.45, 2.75) is 24.9 Å². The summed E-state index contributed by atoms with van der Waals surface area (Å²) in [5, 5.41) is 6.38. The third-order valence-electron chi connectivity index (χ3n) is 3.73. The molecule has 114 valence electrons. The van der Waals surface area contributed by atoms with Crippen LogP contribution in [0.2, 0.25) is 0 Å². The van der Waals surface area contributed by atoms with Gasteiger partial charge in [-0.1, -0.05) is 42.5 Å². The van der Waals surface area contributed by atoms with Gasteiger partial charge >= 0.3 is 0 Å². The summed E-state index contributed by atoms with van der Waals surface area (Å²) in [7, 11) is 1.63. The van der Waals surface area contributed by atoms with Crippen LogP contribution in [0.3, 0.4) is 0 Å². The Morgan fingerprint density at radius 1 is 1.09 bits per heavy atom. The Labute approximate surface area is 130 Å². The Balaban J connectivity index is 1.86. The number of hydrogen-bond acceptors (Lipinski definition) is 3. The van der Waals surface area contributed by atoms with Crippen molar-refractivity contribution in [3.05, 3.63) is 60.2 Å². The molecule has 1 aliphatic rings. The lowest BCUT2D eigenvalue weighted by molar-refractivity contribution is -0.122. The summed E-state index contributed by atoms with van der Waals surface area (Å²) in [6.07, 6.45) is 2.14. The molecule has 3 rings (SSSR count). The molecule has 0 radical (unpaired) electrons. The van der Waals surface area contributed by atoms with Crippen LogP contribution in [0.15, 0.2) is 54.6 Å². The monoisotopic (exact) mass is 296 g/mol. The molecule has 0 heterocycles. The SMILES string of the molecule is COc1ccccc1NC(C(=O)NC1CC1)c1ccccc1. The highest BCUT2D eigenvalue weighted by atomic mass is 16.5. The first-order chi connectivity index (χ1) is 10.8. The minimum absolute atomic E-state index is 0.000365. The molecule has 2 N–H and O–H groups in total. The van der Waals surface area contributed by atoms with E-state index in [4.69, 9.17) is 4.74 Å². The number of nitrogens with one attached hydrogen (secondary N) is 2. The minimum atomic E-state index is -0.432. The van der Waals surface area contributed by atoms with Crippen LogP contribution in [0.4, 0.5) is 5.69 Å². The Kier molecular flexibility index (Phi) is 4.28. The maximum Gasteiger partial charge on any atom is 0.247 e. The van der Waals surface area contributed by atoms with E-state index in [9.17, 15) is 4.79 Å². The number of amides is 1. The second kappa shape index (κ2) is 6.52. The number of carbonyl (C=O) groups is 1. The number of rotatable bonds is 6. The summed E-state index contributed by atoms with van der Waals surface area (Å²) in [6, 6.07) is 17.3. The average Bonchev–Trinajstić information content (AvgIpc) is 3.37. The smallest absolute Gasteiger partial charge is 0.247 e. The van der Waals surface area contributed by atoms with E-state index in [1.807, 2.05) is 54.6 Å². The number of anilines is 1. The molecule has 1 atom stereocenters. The van der Waals surface area contributed by atoms with Crippen molar-refractivity contribution in [1.82, 2.24) is 5.32 Å². The summed E-state index contributed by atoms with van der Waals surface area (Å²) in [6.45, 7) is 0. The largest absolute Gasteiger partial charge is 0.495 e. The zero-order chi connectivity index (χ0) is 15.4. The van der Waals surface area contributed by atoms with E-state index in [0.717, 1.165) is 29.8 Å². The van der Waals surface area contributed by atoms with E-state index in [0.29, 0.717) is 6.04 Å². The molecular formula is C18H20N2O2. The van der Waals surface area contributed by atoms with Crippen molar-refractivity contribution >= 4 is 11.6 Å². The van der Waals surface area contributed by atoms with E-state index >= 15 is 0 Å². The van der Waals surface area contributed by atoms with Crippen LogP contribution in [-0.2, 0) is 4.79 Å². The Bertz CT molecular complexity index is 639. The summed E-state index contributed by atoms with van der Waals surface area (Å²) in [4.78, 5) is 12.6. The fourth-order valence-electron chi connectivity index (χ4n) is 2.38. The summed E-state index contributed by atoms with van der Waals surface area (Å²) in [5.41, 5.74) is 1.75. The van der Waals surface area contributed by atoms with E-state index in [-0.39, 0.29) is 5.91 Å². The highest BCUT2D eigenvalue weighted by molar-refractivity contribution is 5.87. The zero-order valence-electron chi connectivity index (χ0n) is 12.6. The molecule has 0 aliphatic heterocycles. The van der Waals surface area contributed by atoms with E-state index in [2.05, 4.69) is 10.6 Å². The molecule has 1 fully saturated rings. The quantitative estimate of drug-likeness (QED) is 0.861. The minimum Gasteiger partial charge on any atom is -0.495 e. The molecular weight excluding hydrogens is 276 g/mol. The van der Waals surface area contributed by atoms with Gasteiger partial charge in [0, 0.05) is 6.04 Å². The van der Waals surface area contributed by atoms with Crippen LogP contribution < -0.4 is 15.4 Å². The predicted molar refractivity (Wildman–Crippen MR) is 87.0 cm³/mol. The highest BCUT2D eigenvalue weighted by Crippen LogP contribution is 2.29. The van der Waals surface area contributed by atoms with Gasteiger partial charge in [0.15, 0.2) is 0 Å². The van der Waals surface area contributed by atoms with Gasteiger partial charge in [0.1, 0.15) is 11.8 Å². The van der Waals surface area contributed by atoms with Gasteiger partial charge in [0.25, 0.3) is 0 Å². The van der Waals surface area contributed by atoms with Gasteiger partial charge in [-0.05, 0) is 30.5 Å². The Morgan fingerprint density at radius 3 is 2.45 bits per heavy atom. The van der Waals surface area contributed by atoms with Gasteiger partial charge in [-0.25, -0.2) is 0 Å². The van der Waals surface area contributed by atoms with Crippen molar-refractivity contribution in [1.29, 1.82) is 0 Å². The summed E-state index contributed by atoms with van der Waals surface area (Å²) in [5.74, 6) is 0.724. The van der Waals surface area contributed by atoms with E-state index in [1.165, 1.54) is 0 Å². The molecule has 4 nitrogen and oxygen atoms in total. The van der Waals surface area contributed by atoms with Gasteiger partial charge < -0.3 is 15.4 Å². The van der Waals surface area contributed by atoms with E-state index < -0.39 is 6.04 Å². The van der Waals surface area contributed by atoms with Crippen LogP contribution >= 0.6 is 0 Å². The molecule has 1 aliphatic carbocycles. The molecule has 1 amide bonds. The number of para-hydroxylation sites is 2. The Morgan fingerprint density at radius 2 is 1.77 bits per heavy atom. The lowest BCUT2D eigenvalue weighted by Crippen LogP contribution is -2.34. The Hall–Kier alpha value is -2.49. The summed E-state index contributed by atoms with van der Waals surface area (Å²) >= 11 is 0. The molecule has 1 unspecified atom stereocenters. The van der Waals surface area contributed by atoms with Crippen LogP contribution in [0, 0.1) is 0 Å². The molecule has 4 heteroatoms. The zero-order valence-corrected chi connectivity index (χ0v) is 12.6. The maximum atomic E-state index is 12.6. The van der Waals surface area contributed by atoms with Crippen molar-refractivity contribution in [2.24, 2.45) is 0 Å². The second-order valence-electron chi connectivity index (χ2n) is 5.47. The van der Waals surface area contributed by atoms with Gasteiger partial charge in [0.2, 0.25) is 5.91 Å². The van der Waals surface area contributed by atoms with Crippen molar-refractivity contribution in [3.8, 4) is 5.75 Å². The first kappa shape index (κ1) is 14.4. The highest BCUT2D eigenvalue weighted by Gasteiger charge is 2.28. The molecule has 0 saturated heterocycles. The molecule has 2 aromatic carbocycles. The van der Waals surface area contributed by atoms with Crippen LogP contribution in [-0.4, -0.2) is 19.1 Å². The summed E-state index contributed by atoms with van der Waals surface area (Å²) < 4.78 is 5.36. The van der Waals surface area contributed by atoms with E-state index in [1.54, 1.807) is 7.11 Å². The molecule has 0 spiro atoms. The normalized spacial score (nSPS) is 15.0. The van der Waals surface area contributed by atoms with Crippen LogP contribution in [0.25, 0.3) is 0 Å². The number of ether oxygens (including phenoxy) is 1. The van der Waals surface area contributed by atoms with Gasteiger partial charge in [0.05, 0.1) is 12.8 Å². The molecule has 2 aromatic rings. The lowest BCUT2D eigenvalue weighted by atomic mass is 10.1. The van der Waals surface area contributed by atoms with Crippen molar-refractivity contribution in [2.75, 3.05) is 12.4 Å². The van der Waals surface area contributed by atoms with Gasteiger partial charge in [-0.3, -0.25) is 4.79 Å². The fraction of sp³-hybridized carbons (Fsp3) is 0.278. The predicted octanol–water partition coefficient (Wildman–Crippen LogP) is 3.13. The first-order valence-electron chi connectivity index (χ1n) is 7.53. The molecule has 22 heavy (non-hydrogen) atoms. The van der Waals surface area contributed by atoms with Crippen molar-refractivity contribution in [3.63, 3.8) is 0 Å². The third kappa shape index (κ3) is 3.39. The van der Waals surface area contributed by atoms with Crippen LogP contribution in [0.5, 0.6) is 5.75 Å². The first-order valence-corrected chi connectivity index (χ1v) is 7.53. The third-order valence-corrected chi connectivity index (χ3v) is 3.73. The van der Waals surface area contributed by atoms with Crippen LogP contribution in [0.1, 0.15) is 24.4 Å². The molecule has 0 bridgehead atoms. The lowest BCUT2D eigenvalue weighted by Gasteiger charge is -2.21. The fourth-order valence-corrected chi connectivity index (χ4v) is 2.38. The number of carbonyl (C=O) groups excluding carboxylic acids is 1. The topological polar surface area (TPSA) is 50.4 Å². The van der Waals surface area contributed by atoms with Gasteiger partial charge in [-0.2, -0.15) is 0 Å². The number of methoxy groups -OCH3 is 1. The second-order valence-corrected chi connectivity index (χ2v) is 5.47. The number of benzene rings is 2. The molecule has 1 saturated carbocycles. The van der Waals surface area contributed by atoms with Crippen molar-refractivity contribution < 1.29 is 9.53 Å². The number of hydrogen-bond donors (Lipinski definition) is 2. The molecule has 0 aromatic heterocycles. The standard InChI is InChI=1S/C18H20N2O2/c1-22-16-10-6-5-9-15(16)20-17(13-7-3-2-4-8-13)18(21)19-14-11-12-14/h2-10,14,17,20H,11-12H2,1H3,(H,19,21).